The quantitative estimate of drug-likeness (QED) is 0.282. The summed E-state index contributed by atoms with van der Waals surface area (Å²) in [5.74, 6) is -0.110. The van der Waals surface area contributed by atoms with E-state index in [1.54, 1.807) is 23.0 Å². The SMILES string of the molecule is O=CC=Cn1nc(Nc2ccccc2)c2c1CC(c1cccc(F)c1)(c1cccc(F)c1)C=C2. The van der Waals surface area contributed by atoms with Gasteiger partial charge in [-0.05, 0) is 53.6 Å². The molecule has 0 radical (unpaired) electrons. The number of halogens is 2. The zero-order chi connectivity index (χ0) is 23.5. The van der Waals surface area contributed by atoms with Crippen molar-refractivity contribution in [3.63, 3.8) is 0 Å². The summed E-state index contributed by atoms with van der Waals surface area (Å²) in [7, 11) is 0. The Balaban J connectivity index is 1.68. The number of fused-ring (bicyclic) bond motifs is 1. The first-order chi connectivity index (χ1) is 16.6. The predicted octanol–water partition coefficient (Wildman–Crippen LogP) is 6.13. The number of hydrogen-bond acceptors (Lipinski definition) is 3. The number of allylic oxidation sites excluding steroid dienone is 2. The molecule has 1 N–H and O–H groups in total. The Morgan fingerprint density at radius 2 is 1.59 bits per heavy atom. The van der Waals surface area contributed by atoms with Crippen LogP contribution in [0.1, 0.15) is 22.4 Å². The van der Waals surface area contributed by atoms with E-state index in [2.05, 4.69) is 10.4 Å². The van der Waals surface area contributed by atoms with Gasteiger partial charge in [-0.25, -0.2) is 13.5 Å². The number of aromatic nitrogens is 2. The summed E-state index contributed by atoms with van der Waals surface area (Å²) >= 11 is 0. The summed E-state index contributed by atoms with van der Waals surface area (Å²) in [6.45, 7) is 0. The number of para-hydroxylation sites is 1. The maximum absolute atomic E-state index is 14.3. The van der Waals surface area contributed by atoms with Crippen molar-refractivity contribution in [3.8, 4) is 0 Å². The summed E-state index contributed by atoms with van der Waals surface area (Å²) in [6, 6.07) is 22.4. The minimum absolute atomic E-state index is 0.367. The summed E-state index contributed by atoms with van der Waals surface area (Å²) in [4.78, 5) is 11.0. The number of nitrogens with zero attached hydrogens (tertiary/aromatic N) is 2. The predicted molar refractivity (Wildman–Crippen MR) is 130 cm³/mol. The molecule has 1 aliphatic carbocycles. The molecule has 1 heterocycles. The van der Waals surface area contributed by atoms with E-state index in [0.717, 1.165) is 16.9 Å². The Morgan fingerprint density at radius 3 is 2.21 bits per heavy atom. The Bertz CT molecular complexity index is 1360. The normalized spacial score (nSPS) is 14.2. The number of nitrogens with one attached hydrogen (secondary N) is 1. The summed E-state index contributed by atoms with van der Waals surface area (Å²) in [5.41, 5.74) is 3.10. The number of hydrogen-bond donors (Lipinski definition) is 1. The van der Waals surface area contributed by atoms with Crippen LogP contribution < -0.4 is 5.32 Å². The minimum atomic E-state index is -0.825. The Kier molecular flexibility index (Phi) is 5.64. The molecule has 0 saturated heterocycles. The van der Waals surface area contributed by atoms with Crippen molar-refractivity contribution >= 4 is 30.1 Å². The topological polar surface area (TPSA) is 46.9 Å². The van der Waals surface area contributed by atoms with Gasteiger partial charge in [-0.15, -0.1) is 5.10 Å². The molecule has 0 spiro atoms. The van der Waals surface area contributed by atoms with E-state index < -0.39 is 5.41 Å². The smallest absolute Gasteiger partial charge is 0.160 e. The molecule has 168 valence electrons. The van der Waals surface area contributed by atoms with Gasteiger partial charge >= 0.3 is 0 Å². The fraction of sp³-hybridized carbons (Fsp3) is 0.0714. The molecule has 4 nitrogen and oxygen atoms in total. The van der Waals surface area contributed by atoms with E-state index in [0.29, 0.717) is 29.7 Å². The molecular weight excluding hydrogens is 432 g/mol. The van der Waals surface area contributed by atoms with Gasteiger partial charge in [-0.3, -0.25) is 4.79 Å². The fourth-order valence-corrected chi connectivity index (χ4v) is 4.47. The Hall–Kier alpha value is -4.32. The van der Waals surface area contributed by atoms with Crippen molar-refractivity contribution in [2.24, 2.45) is 0 Å². The van der Waals surface area contributed by atoms with Crippen LogP contribution in [0.15, 0.2) is 91.0 Å². The highest BCUT2D eigenvalue weighted by atomic mass is 19.1. The minimum Gasteiger partial charge on any atom is -0.338 e. The first-order valence-electron chi connectivity index (χ1n) is 10.9. The third-order valence-corrected chi connectivity index (χ3v) is 6.05. The first-order valence-corrected chi connectivity index (χ1v) is 10.9. The number of carbonyl (C=O) groups is 1. The van der Waals surface area contributed by atoms with Gasteiger partial charge in [0.2, 0.25) is 0 Å². The highest BCUT2D eigenvalue weighted by Crippen LogP contribution is 2.44. The van der Waals surface area contributed by atoms with Crippen LogP contribution in [0.4, 0.5) is 20.3 Å². The van der Waals surface area contributed by atoms with E-state index in [1.165, 1.54) is 30.3 Å². The van der Waals surface area contributed by atoms with Crippen LogP contribution in [0, 0.1) is 11.6 Å². The number of benzene rings is 3. The van der Waals surface area contributed by atoms with Crippen molar-refractivity contribution in [2.45, 2.75) is 11.8 Å². The van der Waals surface area contributed by atoms with Gasteiger partial charge in [0.1, 0.15) is 17.9 Å². The van der Waals surface area contributed by atoms with Crippen molar-refractivity contribution in [3.05, 3.63) is 125 Å². The molecule has 0 saturated carbocycles. The van der Waals surface area contributed by atoms with E-state index in [-0.39, 0.29) is 11.6 Å². The van der Waals surface area contributed by atoms with E-state index >= 15 is 0 Å². The molecule has 0 atom stereocenters. The average molecular weight is 453 g/mol. The van der Waals surface area contributed by atoms with Crippen LogP contribution in [0.25, 0.3) is 12.3 Å². The van der Waals surface area contributed by atoms with Crippen LogP contribution in [0.2, 0.25) is 0 Å². The van der Waals surface area contributed by atoms with Crippen molar-refractivity contribution in [2.75, 3.05) is 5.32 Å². The number of carbonyl (C=O) groups excluding carboxylic acids is 1. The summed E-state index contributed by atoms with van der Waals surface area (Å²) in [6.07, 6.45) is 7.93. The third kappa shape index (κ3) is 3.94. The lowest BCUT2D eigenvalue weighted by Crippen LogP contribution is -2.31. The van der Waals surface area contributed by atoms with E-state index in [1.807, 2.05) is 54.6 Å². The lowest BCUT2D eigenvalue weighted by atomic mass is 9.68. The van der Waals surface area contributed by atoms with Crippen molar-refractivity contribution < 1.29 is 13.6 Å². The van der Waals surface area contributed by atoms with Crippen LogP contribution in [0.5, 0.6) is 0 Å². The Labute approximate surface area is 195 Å². The van der Waals surface area contributed by atoms with Crippen molar-refractivity contribution in [1.29, 1.82) is 0 Å². The molecule has 0 amide bonds. The molecule has 1 aliphatic rings. The number of anilines is 2. The summed E-state index contributed by atoms with van der Waals surface area (Å²) in [5, 5.41) is 8.00. The van der Waals surface area contributed by atoms with Crippen molar-refractivity contribution in [1.82, 2.24) is 9.78 Å². The van der Waals surface area contributed by atoms with Crippen LogP contribution in [-0.2, 0) is 16.6 Å². The second-order valence-corrected chi connectivity index (χ2v) is 8.12. The molecule has 0 aliphatic heterocycles. The van der Waals surface area contributed by atoms with Gasteiger partial charge < -0.3 is 5.32 Å². The fourth-order valence-electron chi connectivity index (χ4n) is 4.47. The molecule has 0 unspecified atom stereocenters. The highest BCUT2D eigenvalue weighted by molar-refractivity contribution is 5.76. The van der Waals surface area contributed by atoms with Gasteiger partial charge in [-0.1, -0.05) is 54.6 Å². The van der Waals surface area contributed by atoms with Gasteiger partial charge in [-0.2, -0.15) is 0 Å². The zero-order valence-electron chi connectivity index (χ0n) is 18.2. The molecule has 4 aromatic rings. The number of rotatable bonds is 6. The monoisotopic (exact) mass is 453 g/mol. The second kappa shape index (κ2) is 8.90. The lowest BCUT2D eigenvalue weighted by Gasteiger charge is -2.35. The standard InChI is InChI=1S/C28H21F2N3O/c29-22-9-4-7-20(17-22)28(21-8-5-10-23(30)18-21)14-13-25-26(19-28)33(15-6-16-34)32-27(25)31-24-11-2-1-3-12-24/h1-18H,19H2,(H,31,32). The maximum atomic E-state index is 14.3. The molecule has 0 fully saturated rings. The molecule has 34 heavy (non-hydrogen) atoms. The summed E-state index contributed by atoms with van der Waals surface area (Å²) < 4.78 is 30.2. The molecule has 3 aromatic carbocycles. The largest absolute Gasteiger partial charge is 0.338 e. The molecule has 6 heteroatoms. The van der Waals surface area contributed by atoms with Crippen LogP contribution in [0.3, 0.4) is 0 Å². The third-order valence-electron chi connectivity index (χ3n) is 6.05. The van der Waals surface area contributed by atoms with E-state index in [4.69, 9.17) is 0 Å². The average Bonchev–Trinajstić information content (AvgIpc) is 3.19. The zero-order valence-corrected chi connectivity index (χ0v) is 18.2. The van der Waals surface area contributed by atoms with Gasteiger partial charge in [0.05, 0.1) is 5.69 Å². The maximum Gasteiger partial charge on any atom is 0.160 e. The van der Waals surface area contributed by atoms with Gasteiger partial charge in [0.15, 0.2) is 5.82 Å². The van der Waals surface area contributed by atoms with Gasteiger partial charge in [0.25, 0.3) is 0 Å². The van der Waals surface area contributed by atoms with Crippen LogP contribution in [-0.4, -0.2) is 16.1 Å². The first kappa shape index (κ1) is 21.5. The Morgan fingerprint density at radius 1 is 0.912 bits per heavy atom. The lowest BCUT2D eigenvalue weighted by molar-refractivity contribution is -0.104. The van der Waals surface area contributed by atoms with Crippen LogP contribution >= 0.6 is 0 Å². The van der Waals surface area contributed by atoms with E-state index in [9.17, 15) is 13.6 Å². The molecule has 0 bridgehead atoms. The van der Waals surface area contributed by atoms with Gasteiger partial charge in [0, 0.05) is 29.3 Å². The molecule has 5 rings (SSSR count). The molecule has 1 aromatic heterocycles. The highest BCUT2D eigenvalue weighted by Gasteiger charge is 2.38. The second-order valence-electron chi connectivity index (χ2n) is 8.12. The molecular formula is C28H21F2N3O. The number of aldehydes is 1.